The zero-order valence-corrected chi connectivity index (χ0v) is 12.6. The summed E-state index contributed by atoms with van der Waals surface area (Å²) in [5.74, 6) is 0. The van der Waals surface area contributed by atoms with Crippen molar-refractivity contribution in [1.29, 1.82) is 0 Å². The fourth-order valence-corrected chi connectivity index (χ4v) is 3.50. The van der Waals surface area contributed by atoms with Crippen LogP contribution in [-0.4, -0.2) is 42.8 Å². The SMILES string of the molecule is CO[Si](CCCCCCNC(C)N)(OC)OC. The molecule has 0 saturated heterocycles. The van der Waals surface area contributed by atoms with E-state index in [1.54, 1.807) is 21.3 Å². The number of nitrogens with two attached hydrogens (primary N) is 1. The maximum absolute atomic E-state index is 5.59. The first-order chi connectivity index (χ1) is 8.10. The highest BCUT2D eigenvalue weighted by Gasteiger charge is 2.36. The summed E-state index contributed by atoms with van der Waals surface area (Å²) in [6.07, 6.45) is 4.70. The Balaban J connectivity index is 3.49. The van der Waals surface area contributed by atoms with Gasteiger partial charge in [-0.3, -0.25) is 0 Å². The third-order valence-electron chi connectivity index (χ3n) is 2.81. The molecule has 5 nitrogen and oxygen atoms in total. The van der Waals surface area contributed by atoms with E-state index in [0.717, 1.165) is 25.4 Å². The van der Waals surface area contributed by atoms with Crippen molar-refractivity contribution in [2.75, 3.05) is 27.9 Å². The molecule has 0 amide bonds. The highest BCUT2D eigenvalue weighted by molar-refractivity contribution is 6.60. The predicted molar refractivity (Wildman–Crippen MR) is 71.7 cm³/mol. The van der Waals surface area contributed by atoms with Gasteiger partial charge < -0.3 is 24.3 Å². The maximum atomic E-state index is 5.59. The van der Waals surface area contributed by atoms with Crippen LogP contribution in [0.3, 0.4) is 0 Å². The van der Waals surface area contributed by atoms with Gasteiger partial charge in [-0.2, -0.15) is 0 Å². The molecule has 0 aliphatic heterocycles. The maximum Gasteiger partial charge on any atom is 0.500 e. The van der Waals surface area contributed by atoms with Crippen molar-refractivity contribution in [2.24, 2.45) is 5.73 Å². The lowest BCUT2D eigenvalue weighted by molar-refractivity contribution is 0.122. The van der Waals surface area contributed by atoms with Gasteiger partial charge in [0.25, 0.3) is 0 Å². The first-order valence-electron chi connectivity index (χ1n) is 6.24. The van der Waals surface area contributed by atoms with Gasteiger partial charge in [-0.1, -0.05) is 12.8 Å². The van der Waals surface area contributed by atoms with Crippen LogP contribution in [0.2, 0.25) is 6.04 Å². The lowest BCUT2D eigenvalue weighted by atomic mass is 10.2. The largest absolute Gasteiger partial charge is 0.500 e. The smallest absolute Gasteiger partial charge is 0.377 e. The quantitative estimate of drug-likeness (QED) is 0.335. The summed E-state index contributed by atoms with van der Waals surface area (Å²) < 4.78 is 16.1. The Morgan fingerprint density at radius 3 is 2.00 bits per heavy atom. The third-order valence-corrected chi connectivity index (χ3v) is 5.64. The molecule has 0 saturated carbocycles. The van der Waals surface area contributed by atoms with E-state index in [0.29, 0.717) is 0 Å². The van der Waals surface area contributed by atoms with Crippen LogP contribution < -0.4 is 11.1 Å². The highest BCUT2D eigenvalue weighted by atomic mass is 28.4. The Morgan fingerprint density at radius 2 is 1.53 bits per heavy atom. The topological polar surface area (TPSA) is 65.7 Å². The number of hydrogen-bond acceptors (Lipinski definition) is 5. The lowest BCUT2D eigenvalue weighted by Gasteiger charge is -2.24. The molecule has 0 rings (SSSR count). The van der Waals surface area contributed by atoms with Crippen molar-refractivity contribution >= 4 is 8.80 Å². The van der Waals surface area contributed by atoms with Gasteiger partial charge >= 0.3 is 8.80 Å². The van der Waals surface area contributed by atoms with Crippen LogP contribution in [-0.2, 0) is 13.3 Å². The van der Waals surface area contributed by atoms with E-state index < -0.39 is 8.80 Å². The molecule has 6 heteroatoms. The van der Waals surface area contributed by atoms with E-state index in [1.807, 2.05) is 6.92 Å². The number of rotatable bonds is 11. The minimum Gasteiger partial charge on any atom is -0.377 e. The Kier molecular flexibility index (Phi) is 10.00. The average Bonchev–Trinajstić information content (AvgIpc) is 2.33. The molecular weight excluding hydrogens is 236 g/mol. The Labute approximate surface area is 106 Å². The molecule has 1 unspecified atom stereocenters. The number of nitrogens with one attached hydrogen (secondary N) is 1. The Bertz CT molecular complexity index is 170. The third kappa shape index (κ3) is 7.85. The van der Waals surface area contributed by atoms with E-state index in [-0.39, 0.29) is 6.17 Å². The van der Waals surface area contributed by atoms with E-state index >= 15 is 0 Å². The first-order valence-corrected chi connectivity index (χ1v) is 8.18. The molecule has 0 spiro atoms. The Hall–Kier alpha value is 0.0169. The monoisotopic (exact) mass is 264 g/mol. The summed E-state index contributed by atoms with van der Waals surface area (Å²) in [7, 11) is 2.64. The minimum absolute atomic E-state index is 0.0885. The van der Waals surface area contributed by atoms with Gasteiger partial charge in [0.1, 0.15) is 0 Å². The number of hydrogen-bond donors (Lipinski definition) is 2. The van der Waals surface area contributed by atoms with Crippen molar-refractivity contribution < 1.29 is 13.3 Å². The van der Waals surface area contributed by atoms with Crippen molar-refractivity contribution in [2.45, 2.75) is 44.8 Å². The molecule has 0 aromatic carbocycles. The summed E-state index contributed by atoms with van der Waals surface area (Å²) in [6.45, 7) is 2.94. The fourth-order valence-electron chi connectivity index (χ4n) is 1.71. The van der Waals surface area contributed by atoms with Crippen LogP contribution >= 0.6 is 0 Å². The van der Waals surface area contributed by atoms with Gasteiger partial charge in [0.05, 0.1) is 6.17 Å². The van der Waals surface area contributed by atoms with Crippen molar-refractivity contribution in [3.05, 3.63) is 0 Å². The van der Waals surface area contributed by atoms with Crippen LogP contribution in [0, 0.1) is 0 Å². The van der Waals surface area contributed by atoms with E-state index in [1.165, 1.54) is 12.8 Å². The molecule has 0 radical (unpaired) electrons. The molecule has 0 aromatic rings. The highest BCUT2D eigenvalue weighted by Crippen LogP contribution is 2.17. The molecule has 0 fully saturated rings. The lowest BCUT2D eigenvalue weighted by Crippen LogP contribution is -2.42. The van der Waals surface area contributed by atoms with Gasteiger partial charge in [0.2, 0.25) is 0 Å². The van der Waals surface area contributed by atoms with E-state index in [2.05, 4.69) is 5.32 Å². The summed E-state index contributed by atoms with van der Waals surface area (Å²) in [5.41, 5.74) is 5.59. The summed E-state index contributed by atoms with van der Waals surface area (Å²) >= 11 is 0. The zero-order valence-electron chi connectivity index (χ0n) is 11.6. The molecule has 1 atom stereocenters. The van der Waals surface area contributed by atoms with Crippen LogP contribution in [0.1, 0.15) is 32.6 Å². The van der Waals surface area contributed by atoms with Gasteiger partial charge in [0, 0.05) is 27.4 Å². The molecule has 0 bridgehead atoms. The van der Waals surface area contributed by atoms with Gasteiger partial charge in [-0.15, -0.1) is 0 Å². The van der Waals surface area contributed by atoms with Crippen molar-refractivity contribution in [3.8, 4) is 0 Å². The van der Waals surface area contributed by atoms with Crippen molar-refractivity contribution in [3.63, 3.8) is 0 Å². The average molecular weight is 264 g/mol. The fraction of sp³-hybridized carbons (Fsp3) is 1.00. The second-order valence-electron chi connectivity index (χ2n) is 4.20. The van der Waals surface area contributed by atoms with Gasteiger partial charge in [-0.25, -0.2) is 0 Å². The molecular formula is C11H28N2O3Si. The van der Waals surface area contributed by atoms with Gasteiger partial charge in [-0.05, 0) is 26.3 Å². The molecule has 0 heterocycles. The molecule has 0 aliphatic rings. The first kappa shape index (κ1) is 17.0. The minimum atomic E-state index is -2.34. The molecule has 0 aromatic heterocycles. The van der Waals surface area contributed by atoms with E-state index in [4.69, 9.17) is 19.0 Å². The summed E-state index contributed by atoms with van der Waals surface area (Å²) in [5, 5.41) is 3.20. The molecule has 104 valence electrons. The van der Waals surface area contributed by atoms with Crippen LogP contribution in [0.4, 0.5) is 0 Å². The Morgan fingerprint density at radius 1 is 1.00 bits per heavy atom. The van der Waals surface area contributed by atoms with Crippen molar-refractivity contribution in [1.82, 2.24) is 5.32 Å². The van der Waals surface area contributed by atoms with Gasteiger partial charge in [0.15, 0.2) is 0 Å². The molecule has 0 aliphatic carbocycles. The molecule has 3 N–H and O–H groups in total. The standard InChI is InChI=1S/C11H28N2O3Si/c1-11(12)13-9-7-5-6-8-10-17(14-2,15-3)16-4/h11,13H,5-10,12H2,1-4H3. The predicted octanol–water partition coefficient (Wildman–Crippen LogP) is 1.32. The zero-order chi connectivity index (χ0) is 13.1. The summed E-state index contributed by atoms with van der Waals surface area (Å²) in [6, 6.07) is 0.886. The molecule has 17 heavy (non-hydrogen) atoms. The normalized spacial score (nSPS) is 13.9. The second kappa shape index (κ2) is 9.99. The van der Waals surface area contributed by atoms with Crippen LogP contribution in [0.25, 0.3) is 0 Å². The number of unbranched alkanes of at least 4 members (excludes halogenated alkanes) is 3. The van der Waals surface area contributed by atoms with E-state index in [9.17, 15) is 0 Å². The second-order valence-corrected chi connectivity index (χ2v) is 7.29. The summed E-state index contributed by atoms with van der Waals surface area (Å²) in [4.78, 5) is 0. The van der Waals surface area contributed by atoms with Crippen LogP contribution in [0.5, 0.6) is 0 Å². The van der Waals surface area contributed by atoms with Crippen LogP contribution in [0.15, 0.2) is 0 Å².